The van der Waals surface area contributed by atoms with Gasteiger partial charge in [-0.15, -0.1) is 0 Å². The third kappa shape index (κ3) is 4.38. The Labute approximate surface area is 92.3 Å². The summed E-state index contributed by atoms with van der Waals surface area (Å²) in [6.07, 6.45) is 2.14. The molecule has 84 valence electrons. The van der Waals surface area contributed by atoms with Gasteiger partial charge in [-0.25, -0.2) is 9.97 Å². The molecule has 1 aromatic rings. The molecule has 0 radical (unpaired) electrons. The van der Waals surface area contributed by atoms with Crippen molar-refractivity contribution in [3.63, 3.8) is 0 Å². The smallest absolute Gasteiger partial charge is 0.128 e. The zero-order chi connectivity index (χ0) is 11.3. The van der Waals surface area contributed by atoms with Gasteiger partial charge in [-0.05, 0) is 32.4 Å². The fourth-order valence-corrected chi connectivity index (χ4v) is 1.50. The highest BCUT2D eigenvalue weighted by molar-refractivity contribution is 5.10. The van der Waals surface area contributed by atoms with Crippen LogP contribution in [0, 0.1) is 12.8 Å². The van der Waals surface area contributed by atoms with Gasteiger partial charge in [-0.1, -0.05) is 13.8 Å². The lowest BCUT2D eigenvalue weighted by atomic mass is 10.1. The van der Waals surface area contributed by atoms with Crippen LogP contribution < -0.4 is 5.32 Å². The molecule has 1 aromatic heterocycles. The molecule has 0 saturated heterocycles. The van der Waals surface area contributed by atoms with Crippen molar-refractivity contribution in [2.45, 2.75) is 40.2 Å². The minimum absolute atomic E-state index is 0.710. The van der Waals surface area contributed by atoms with E-state index < -0.39 is 0 Å². The summed E-state index contributed by atoms with van der Waals surface area (Å²) in [5.41, 5.74) is 2.15. The van der Waals surface area contributed by atoms with Crippen LogP contribution in [0.5, 0.6) is 0 Å². The van der Waals surface area contributed by atoms with Crippen LogP contribution in [-0.4, -0.2) is 17.0 Å². The second-order valence-electron chi connectivity index (χ2n) is 4.38. The molecule has 0 atom stereocenters. The highest BCUT2D eigenvalue weighted by atomic mass is 14.9. The van der Waals surface area contributed by atoms with Crippen molar-refractivity contribution in [3.05, 3.63) is 23.3 Å². The van der Waals surface area contributed by atoms with Crippen molar-refractivity contribution in [2.75, 3.05) is 7.05 Å². The molecule has 3 heteroatoms. The van der Waals surface area contributed by atoms with Gasteiger partial charge in [0.2, 0.25) is 0 Å². The van der Waals surface area contributed by atoms with Crippen LogP contribution in [0.1, 0.15) is 37.5 Å². The van der Waals surface area contributed by atoms with E-state index in [1.165, 1.54) is 0 Å². The van der Waals surface area contributed by atoms with Crippen LogP contribution >= 0.6 is 0 Å². The van der Waals surface area contributed by atoms with Gasteiger partial charge in [0.05, 0.1) is 5.69 Å². The Morgan fingerprint density at radius 1 is 1.33 bits per heavy atom. The van der Waals surface area contributed by atoms with Gasteiger partial charge in [0, 0.05) is 18.7 Å². The van der Waals surface area contributed by atoms with E-state index in [2.05, 4.69) is 29.1 Å². The highest BCUT2D eigenvalue weighted by Gasteiger charge is 2.03. The normalized spacial score (nSPS) is 11.0. The third-order valence-corrected chi connectivity index (χ3v) is 2.26. The Balaban J connectivity index is 2.70. The lowest BCUT2D eigenvalue weighted by molar-refractivity contribution is 0.571. The number of hydrogen-bond acceptors (Lipinski definition) is 3. The van der Waals surface area contributed by atoms with Gasteiger partial charge >= 0.3 is 0 Å². The maximum Gasteiger partial charge on any atom is 0.128 e. The van der Waals surface area contributed by atoms with E-state index >= 15 is 0 Å². The maximum absolute atomic E-state index is 4.52. The Kier molecular flexibility index (Phi) is 4.69. The first-order valence-corrected chi connectivity index (χ1v) is 5.60. The average Bonchev–Trinajstić information content (AvgIpc) is 2.14. The van der Waals surface area contributed by atoms with Crippen LogP contribution in [-0.2, 0) is 13.0 Å². The molecule has 3 nitrogen and oxygen atoms in total. The van der Waals surface area contributed by atoms with Crippen molar-refractivity contribution in [1.82, 2.24) is 15.3 Å². The summed E-state index contributed by atoms with van der Waals surface area (Å²) in [7, 11) is 1.94. The largest absolute Gasteiger partial charge is 0.314 e. The molecule has 0 aliphatic carbocycles. The quantitative estimate of drug-likeness (QED) is 0.803. The van der Waals surface area contributed by atoms with E-state index in [9.17, 15) is 0 Å². The molecule has 0 amide bonds. The summed E-state index contributed by atoms with van der Waals surface area (Å²) >= 11 is 0. The van der Waals surface area contributed by atoms with E-state index in [1.54, 1.807) is 0 Å². The number of nitrogens with zero attached hydrogens (tertiary/aromatic N) is 2. The van der Waals surface area contributed by atoms with Gasteiger partial charge in [-0.3, -0.25) is 0 Å². The van der Waals surface area contributed by atoms with Gasteiger partial charge in [-0.2, -0.15) is 0 Å². The summed E-state index contributed by atoms with van der Waals surface area (Å²) < 4.78 is 0. The summed E-state index contributed by atoms with van der Waals surface area (Å²) in [5, 5.41) is 3.11. The van der Waals surface area contributed by atoms with Crippen molar-refractivity contribution in [3.8, 4) is 0 Å². The maximum atomic E-state index is 4.52. The van der Waals surface area contributed by atoms with Crippen LogP contribution in [0.4, 0.5) is 0 Å². The van der Waals surface area contributed by atoms with Gasteiger partial charge in [0.25, 0.3) is 0 Å². The minimum atomic E-state index is 0.710. The highest BCUT2D eigenvalue weighted by Crippen LogP contribution is 2.07. The van der Waals surface area contributed by atoms with E-state index in [0.717, 1.165) is 36.6 Å². The molecular formula is C12H21N3. The number of nitrogens with one attached hydrogen (secondary N) is 1. The van der Waals surface area contributed by atoms with Crippen LogP contribution in [0.25, 0.3) is 0 Å². The molecule has 0 spiro atoms. The molecule has 0 saturated carbocycles. The molecule has 0 unspecified atom stereocenters. The van der Waals surface area contributed by atoms with E-state index in [4.69, 9.17) is 0 Å². The van der Waals surface area contributed by atoms with E-state index in [1.807, 2.05) is 20.0 Å². The zero-order valence-electron chi connectivity index (χ0n) is 10.2. The summed E-state index contributed by atoms with van der Waals surface area (Å²) in [4.78, 5) is 8.97. The second kappa shape index (κ2) is 5.81. The average molecular weight is 207 g/mol. The number of aryl methyl sites for hydroxylation is 2. The van der Waals surface area contributed by atoms with Gasteiger partial charge < -0.3 is 5.32 Å². The van der Waals surface area contributed by atoms with E-state index in [-0.39, 0.29) is 0 Å². The molecule has 1 rings (SSSR count). The summed E-state index contributed by atoms with van der Waals surface area (Å²) in [6.45, 7) is 7.30. The fraction of sp³-hybridized carbons (Fsp3) is 0.667. The Morgan fingerprint density at radius 3 is 2.67 bits per heavy atom. The first kappa shape index (κ1) is 12.1. The van der Waals surface area contributed by atoms with Gasteiger partial charge in [0.15, 0.2) is 0 Å². The molecule has 15 heavy (non-hydrogen) atoms. The molecular weight excluding hydrogens is 186 g/mol. The number of aromatic nitrogens is 2. The molecule has 1 heterocycles. The molecule has 0 fully saturated rings. The van der Waals surface area contributed by atoms with Crippen LogP contribution in [0.2, 0.25) is 0 Å². The van der Waals surface area contributed by atoms with E-state index in [0.29, 0.717) is 5.92 Å². The van der Waals surface area contributed by atoms with Crippen LogP contribution in [0.15, 0.2) is 6.07 Å². The molecule has 0 aliphatic rings. The Morgan fingerprint density at radius 2 is 2.07 bits per heavy atom. The van der Waals surface area contributed by atoms with Crippen molar-refractivity contribution in [2.24, 2.45) is 5.92 Å². The zero-order valence-corrected chi connectivity index (χ0v) is 10.2. The molecule has 0 aliphatic heterocycles. The second-order valence-corrected chi connectivity index (χ2v) is 4.38. The monoisotopic (exact) mass is 207 g/mol. The first-order chi connectivity index (χ1) is 7.11. The third-order valence-electron chi connectivity index (χ3n) is 2.26. The fourth-order valence-electron chi connectivity index (χ4n) is 1.50. The predicted molar refractivity (Wildman–Crippen MR) is 62.7 cm³/mol. The Bertz CT molecular complexity index is 308. The summed E-state index contributed by atoms with van der Waals surface area (Å²) in [5.74, 6) is 1.69. The summed E-state index contributed by atoms with van der Waals surface area (Å²) in [6, 6.07) is 2.04. The van der Waals surface area contributed by atoms with Crippen molar-refractivity contribution < 1.29 is 0 Å². The standard InChI is InChI=1S/C12H21N3/c1-9(2)5-6-12-14-10(3)7-11(15-12)8-13-4/h7,9,13H,5-6,8H2,1-4H3. The number of rotatable bonds is 5. The van der Waals surface area contributed by atoms with Crippen LogP contribution in [0.3, 0.4) is 0 Å². The van der Waals surface area contributed by atoms with Crippen molar-refractivity contribution >= 4 is 0 Å². The number of hydrogen-bond donors (Lipinski definition) is 1. The SMILES string of the molecule is CNCc1cc(C)nc(CCC(C)C)n1. The molecule has 0 aromatic carbocycles. The lowest BCUT2D eigenvalue weighted by Gasteiger charge is -2.07. The van der Waals surface area contributed by atoms with Gasteiger partial charge in [0.1, 0.15) is 5.82 Å². The lowest BCUT2D eigenvalue weighted by Crippen LogP contribution is -2.10. The topological polar surface area (TPSA) is 37.8 Å². The predicted octanol–water partition coefficient (Wildman–Crippen LogP) is 2.09. The molecule has 1 N–H and O–H groups in total. The molecule has 0 bridgehead atoms. The minimum Gasteiger partial charge on any atom is -0.314 e. The first-order valence-electron chi connectivity index (χ1n) is 5.60. The Hall–Kier alpha value is -0.960. The van der Waals surface area contributed by atoms with Crippen molar-refractivity contribution in [1.29, 1.82) is 0 Å².